The molecule has 5 rings (SSSR count). The van der Waals surface area contributed by atoms with E-state index in [1.807, 2.05) is 24.3 Å². The van der Waals surface area contributed by atoms with Gasteiger partial charge in [-0.25, -0.2) is 0 Å². The number of aromatic nitrogens is 1. The summed E-state index contributed by atoms with van der Waals surface area (Å²) in [7, 11) is 1.58. The summed E-state index contributed by atoms with van der Waals surface area (Å²) in [5.41, 5.74) is 1.75. The lowest BCUT2D eigenvalue weighted by Crippen LogP contribution is -2.27. The molecule has 2 heterocycles. The molecule has 1 aliphatic rings. The topological polar surface area (TPSA) is 78.8 Å². The Balaban J connectivity index is 1.50. The van der Waals surface area contributed by atoms with Crippen LogP contribution in [0.15, 0.2) is 77.7 Å². The molecule has 0 saturated heterocycles. The highest BCUT2D eigenvalue weighted by molar-refractivity contribution is 6.06. The molecule has 1 amide bonds. The van der Waals surface area contributed by atoms with Gasteiger partial charge in [-0.1, -0.05) is 24.3 Å². The Kier molecular flexibility index (Phi) is 4.99. The van der Waals surface area contributed by atoms with E-state index >= 15 is 0 Å². The van der Waals surface area contributed by atoms with Crippen LogP contribution in [0.5, 0.6) is 17.2 Å². The number of fused-ring (bicyclic) bond motifs is 2. The Morgan fingerprint density at radius 2 is 1.75 bits per heavy atom. The minimum absolute atomic E-state index is 0.196. The Labute approximate surface area is 183 Å². The summed E-state index contributed by atoms with van der Waals surface area (Å²) in [6, 6.07) is 19.8. The number of carbonyl (C=O) groups is 1. The van der Waals surface area contributed by atoms with Crippen molar-refractivity contribution in [3.8, 4) is 22.9 Å². The zero-order valence-electron chi connectivity index (χ0n) is 17.3. The zero-order chi connectivity index (χ0) is 22.1. The molecule has 0 aliphatic carbocycles. The molecule has 0 bridgehead atoms. The number of methoxy groups -OCH3 is 1. The Hall–Kier alpha value is -4.26. The fourth-order valence-corrected chi connectivity index (χ4v) is 3.74. The maximum atomic E-state index is 13.2. The number of ether oxygens (including phenoxy) is 3. The minimum Gasteiger partial charge on any atom is -0.497 e. The second-order valence-corrected chi connectivity index (χ2v) is 7.33. The smallest absolute Gasteiger partial charge is 0.262 e. The zero-order valence-corrected chi connectivity index (χ0v) is 17.3. The van der Waals surface area contributed by atoms with Crippen LogP contribution >= 0.6 is 0 Å². The second-order valence-electron chi connectivity index (χ2n) is 7.33. The minimum atomic E-state index is -0.277. The molecule has 1 aliphatic heterocycles. The molecule has 0 saturated carbocycles. The monoisotopic (exact) mass is 428 g/mol. The van der Waals surface area contributed by atoms with Crippen LogP contribution in [-0.2, 0) is 6.54 Å². The average molecular weight is 428 g/mol. The SMILES string of the molecule is COc1ccc(-n2cc(C(=O)NCc3ccc4c(c3)OCO4)c3ccccc3c2=O)cc1. The van der Waals surface area contributed by atoms with E-state index < -0.39 is 0 Å². The van der Waals surface area contributed by atoms with Crippen LogP contribution in [0.1, 0.15) is 15.9 Å². The van der Waals surface area contributed by atoms with Gasteiger partial charge in [-0.2, -0.15) is 0 Å². The lowest BCUT2D eigenvalue weighted by Gasteiger charge is -2.13. The third-order valence-corrected chi connectivity index (χ3v) is 5.41. The van der Waals surface area contributed by atoms with Crippen LogP contribution in [0.2, 0.25) is 0 Å². The molecule has 0 spiro atoms. The Morgan fingerprint density at radius 1 is 1.00 bits per heavy atom. The Bertz CT molecular complexity index is 1380. The van der Waals surface area contributed by atoms with Crippen molar-refractivity contribution < 1.29 is 19.0 Å². The summed E-state index contributed by atoms with van der Waals surface area (Å²) < 4.78 is 17.4. The highest BCUT2D eigenvalue weighted by Gasteiger charge is 2.17. The second kappa shape index (κ2) is 8.11. The van der Waals surface area contributed by atoms with Gasteiger partial charge in [-0.3, -0.25) is 14.2 Å². The van der Waals surface area contributed by atoms with E-state index in [0.717, 1.165) is 5.56 Å². The van der Waals surface area contributed by atoms with Gasteiger partial charge in [-0.05, 0) is 48.0 Å². The number of hydrogen-bond donors (Lipinski definition) is 1. The fourth-order valence-electron chi connectivity index (χ4n) is 3.74. The average Bonchev–Trinajstić information content (AvgIpc) is 3.31. The van der Waals surface area contributed by atoms with Gasteiger partial charge in [-0.15, -0.1) is 0 Å². The molecule has 7 heteroatoms. The van der Waals surface area contributed by atoms with Gasteiger partial charge in [0, 0.05) is 29.2 Å². The molecule has 0 radical (unpaired) electrons. The van der Waals surface area contributed by atoms with Crippen LogP contribution in [-0.4, -0.2) is 24.4 Å². The maximum Gasteiger partial charge on any atom is 0.262 e. The molecule has 1 aromatic heterocycles. The summed E-state index contributed by atoms with van der Waals surface area (Å²) in [6.07, 6.45) is 1.58. The number of nitrogens with zero attached hydrogens (tertiary/aromatic N) is 1. The summed E-state index contributed by atoms with van der Waals surface area (Å²) in [5, 5.41) is 4.02. The lowest BCUT2D eigenvalue weighted by molar-refractivity contribution is 0.0952. The van der Waals surface area contributed by atoms with Crippen molar-refractivity contribution in [2.45, 2.75) is 6.54 Å². The predicted octanol–water partition coefficient (Wildman–Crippen LogP) is 3.66. The summed E-state index contributed by atoms with van der Waals surface area (Å²) in [5.74, 6) is 1.76. The number of pyridine rings is 1. The number of carbonyl (C=O) groups excluding carboxylic acids is 1. The van der Waals surface area contributed by atoms with E-state index in [1.165, 1.54) is 4.57 Å². The van der Waals surface area contributed by atoms with Crippen molar-refractivity contribution in [1.29, 1.82) is 0 Å². The first-order chi connectivity index (χ1) is 15.6. The third kappa shape index (κ3) is 3.54. The highest BCUT2D eigenvalue weighted by Crippen LogP contribution is 2.32. The summed E-state index contributed by atoms with van der Waals surface area (Å²) >= 11 is 0. The molecular weight excluding hydrogens is 408 g/mol. The first-order valence-electron chi connectivity index (χ1n) is 10.1. The lowest BCUT2D eigenvalue weighted by atomic mass is 10.1. The maximum absolute atomic E-state index is 13.2. The van der Waals surface area contributed by atoms with E-state index in [1.54, 1.807) is 55.8 Å². The van der Waals surface area contributed by atoms with E-state index in [2.05, 4.69) is 5.32 Å². The first kappa shape index (κ1) is 19.7. The largest absolute Gasteiger partial charge is 0.497 e. The van der Waals surface area contributed by atoms with E-state index in [-0.39, 0.29) is 18.3 Å². The molecule has 0 unspecified atom stereocenters. The predicted molar refractivity (Wildman–Crippen MR) is 120 cm³/mol. The molecule has 3 aromatic carbocycles. The fraction of sp³-hybridized carbons (Fsp3) is 0.120. The van der Waals surface area contributed by atoms with Gasteiger partial charge < -0.3 is 19.5 Å². The number of hydrogen-bond acceptors (Lipinski definition) is 5. The molecule has 0 fully saturated rings. The quantitative estimate of drug-likeness (QED) is 0.525. The summed E-state index contributed by atoms with van der Waals surface area (Å²) in [6.45, 7) is 0.509. The molecule has 32 heavy (non-hydrogen) atoms. The molecular formula is C25H20N2O5. The molecule has 7 nitrogen and oxygen atoms in total. The molecule has 4 aromatic rings. The van der Waals surface area contributed by atoms with Gasteiger partial charge in [0.05, 0.1) is 12.7 Å². The standard InChI is InChI=1S/C25H20N2O5/c1-30-18-9-7-17(8-10-18)27-14-21(19-4-2-3-5-20(19)25(27)29)24(28)26-13-16-6-11-22-23(12-16)32-15-31-22/h2-12,14H,13,15H2,1H3,(H,26,28). The number of benzene rings is 3. The van der Waals surface area contributed by atoms with Crippen LogP contribution in [0, 0.1) is 0 Å². The van der Waals surface area contributed by atoms with Gasteiger partial charge in [0.15, 0.2) is 11.5 Å². The third-order valence-electron chi connectivity index (χ3n) is 5.41. The van der Waals surface area contributed by atoms with Crippen molar-refractivity contribution >= 4 is 16.7 Å². The van der Waals surface area contributed by atoms with Crippen LogP contribution < -0.4 is 25.1 Å². The number of nitrogens with one attached hydrogen (secondary N) is 1. The van der Waals surface area contributed by atoms with E-state index in [9.17, 15) is 9.59 Å². The van der Waals surface area contributed by atoms with Gasteiger partial charge in [0.1, 0.15) is 5.75 Å². The van der Waals surface area contributed by atoms with Gasteiger partial charge in [0.25, 0.3) is 11.5 Å². The molecule has 0 atom stereocenters. The highest BCUT2D eigenvalue weighted by atomic mass is 16.7. The van der Waals surface area contributed by atoms with E-state index in [4.69, 9.17) is 14.2 Å². The van der Waals surface area contributed by atoms with Crippen LogP contribution in [0.3, 0.4) is 0 Å². The number of rotatable bonds is 5. The number of amides is 1. The van der Waals surface area contributed by atoms with Crippen molar-refractivity contribution in [2.24, 2.45) is 0 Å². The van der Waals surface area contributed by atoms with Crippen molar-refractivity contribution in [3.63, 3.8) is 0 Å². The molecule has 160 valence electrons. The van der Waals surface area contributed by atoms with Crippen molar-refractivity contribution in [2.75, 3.05) is 13.9 Å². The Morgan fingerprint density at radius 3 is 2.53 bits per heavy atom. The first-order valence-corrected chi connectivity index (χ1v) is 10.1. The van der Waals surface area contributed by atoms with E-state index in [0.29, 0.717) is 45.8 Å². The normalized spacial score (nSPS) is 12.0. The van der Waals surface area contributed by atoms with Gasteiger partial charge in [0.2, 0.25) is 6.79 Å². The van der Waals surface area contributed by atoms with Crippen LogP contribution in [0.4, 0.5) is 0 Å². The van der Waals surface area contributed by atoms with Crippen molar-refractivity contribution in [1.82, 2.24) is 9.88 Å². The summed E-state index contributed by atoms with van der Waals surface area (Å²) in [4.78, 5) is 26.3. The van der Waals surface area contributed by atoms with Crippen molar-refractivity contribution in [3.05, 3.63) is 94.4 Å². The van der Waals surface area contributed by atoms with Crippen LogP contribution in [0.25, 0.3) is 16.5 Å². The van der Waals surface area contributed by atoms with Gasteiger partial charge >= 0.3 is 0 Å². The molecule has 1 N–H and O–H groups in total.